The van der Waals surface area contributed by atoms with Crippen LogP contribution >= 0.6 is 11.6 Å². The van der Waals surface area contributed by atoms with Crippen molar-refractivity contribution in [1.29, 1.82) is 5.41 Å². The molecule has 0 radical (unpaired) electrons. The van der Waals surface area contributed by atoms with E-state index in [4.69, 9.17) is 42.1 Å². The average Bonchev–Trinajstić information content (AvgIpc) is 3.06. The third-order valence-corrected chi connectivity index (χ3v) is 7.53. The van der Waals surface area contributed by atoms with Gasteiger partial charge in [-0.2, -0.15) is 0 Å². The van der Waals surface area contributed by atoms with Gasteiger partial charge in [-0.3, -0.25) is 9.69 Å². The van der Waals surface area contributed by atoms with E-state index < -0.39 is 5.91 Å². The van der Waals surface area contributed by atoms with Crippen molar-refractivity contribution < 1.29 is 24.1 Å². The van der Waals surface area contributed by atoms with E-state index in [0.717, 1.165) is 60.9 Å². The molecule has 5 rings (SSSR count). The van der Waals surface area contributed by atoms with E-state index in [-0.39, 0.29) is 16.3 Å². The number of ether oxygens (including phenoxy) is 3. The van der Waals surface area contributed by atoms with Crippen molar-refractivity contribution in [2.75, 3.05) is 58.5 Å². The Hall–Kier alpha value is -4.73. The normalized spacial score (nSPS) is 12.9. The first-order valence-electron chi connectivity index (χ1n) is 14.1. The molecule has 0 bridgehead atoms. The smallest absolute Gasteiger partial charge is 0.248 e. The van der Waals surface area contributed by atoms with Crippen molar-refractivity contribution in [2.45, 2.75) is 0 Å². The molecule has 44 heavy (non-hydrogen) atoms. The maximum absolute atomic E-state index is 10.5. The van der Waals surface area contributed by atoms with Crippen LogP contribution in [0.2, 0.25) is 5.02 Å². The number of halogens is 1. The summed E-state index contributed by atoms with van der Waals surface area (Å²) in [5.74, 6) is 1.64. The summed E-state index contributed by atoms with van der Waals surface area (Å²) in [5, 5.41) is 16.7. The summed E-state index contributed by atoms with van der Waals surface area (Å²) < 4.78 is 17.3. The fourth-order valence-corrected chi connectivity index (χ4v) is 4.99. The number of nitrogens with one attached hydrogen (secondary N) is 1. The number of nitrogens with zero attached hydrogens (tertiary/aromatic N) is 2. The number of amides is 1. The molecule has 0 saturated carbocycles. The number of piperazine rings is 1. The molecular formula is C34H37ClN4O5. The minimum Gasteiger partial charge on any atom is -0.506 e. The second-order valence-corrected chi connectivity index (χ2v) is 10.4. The summed E-state index contributed by atoms with van der Waals surface area (Å²) in [6.45, 7) is 5.32. The van der Waals surface area contributed by atoms with Crippen LogP contribution in [0.4, 0.5) is 5.69 Å². The Labute approximate surface area is 262 Å². The number of carbonyl (C=O) groups excluding carboxylic acids is 1. The van der Waals surface area contributed by atoms with Crippen molar-refractivity contribution in [3.63, 3.8) is 0 Å². The highest BCUT2D eigenvalue weighted by molar-refractivity contribution is 6.32. The van der Waals surface area contributed by atoms with Crippen molar-refractivity contribution in [3.8, 4) is 34.1 Å². The van der Waals surface area contributed by atoms with Gasteiger partial charge in [-0.05, 0) is 53.6 Å². The lowest BCUT2D eigenvalue weighted by molar-refractivity contribution is 0.1000. The number of hydrogen-bond acceptors (Lipinski definition) is 8. The van der Waals surface area contributed by atoms with E-state index in [1.807, 2.05) is 54.6 Å². The lowest BCUT2D eigenvalue weighted by Crippen LogP contribution is -2.47. The molecule has 230 valence electrons. The van der Waals surface area contributed by atoms with Crippen molar-refractivity contribution in [1.82, 2.24) is 4.90 Å². The van der Waals surface area contributed by atoms with E-state index >= 15 is 0 Å². The third kappa shape index (κ3) is 8.43. The summed E-state index contributed by atoms with van der Waals surface area (Å²) in [7, 11) is 3.34. The Kier molecular flexibility index (Phi) is 11.5. The maximum Gasteiger partial charge on any atom is 0.248 e. The van der Waals surface area contributed by atoms with Crippen LogP contribution in [0, 0.1) is 5.41 Å². The summed E-state index contributed by atoms with van der Waals surface area (Å²) in [6, 6.07) is 26.2. The monoisotopic (exact) mass is 616 g/mol. The number of nitrogens with two attached hydrogens (primary N) is 1. The molecule has 1 saturated heterocycles. The molecular weight excluding hydrogens is 580 g/mol. The standard InChI is InChI=1S/C27H31N3O3.C7H6ClNO2/c1-31-24-10-6-9-23(19-24)30-13-11-29(12-14-30)15-16-33-27-25(22-7-4-3-5-8-22)17-21(20-28)18-26(27)32-2;8-5-3-4(7(9)11)1-2-6(5)10/h3-10,17-20,28H,11-16H2,1-2H3;1-3,10H,(H2,9,11). The SMILES string of the molecule is COc1cccc(N2CCN(CCOc3c(OC)cc(C=N)cc3-c3ccccc3)CC2)c1.NC(=O)c1ccc(O)c(Cl)c1. The highest BCUT2D eigenvalue weighted by atomic mass is 35.5. The maximum atomic E-state index is 10.5. The number of hydrogen-bond donors (Lipinski definition) is 3. The second-order valence-electron chi connectivity index (χ2n) is 10.0. The predicted octanol–water partition coefficient (Wildman–Crippen LogP) is 5.71. The molecule has 4 N–H and O–H groups in total. The minimum atomic E-state index is -0.563. The molecule has 1 amide bonds. The average molecular weight is 617 g/mol. The molecule has 1 aliphatic rings. The lowest BCUT2D eigenvalue weighted by atomic mass is 10.0. The number of methoxy groups -OCH3 is 2. The van der Waals surface area contributed by atoms with Crippen LogP contribution < -0.4 is 24.8 Å². The molecule has 0 atom stereocenters. The van der Waals surface area contributed by atoms with Gasteiger partial charge in [0, 0.05) is 61.8 Å². The number of carbonyl (C=O) groups is 1. The van der Waals surface area contributed by atoms with Crippen LogP contribution in [0.1, 0.15) is 15.9 Å². The van der Waals surface area contributed by atoms with Gasteiger partial charge in [0.15, 0.2) is 11.5 Å². The summed E-state index contributed by atoms with van der Waals surface area (Å²) in [4.78, 5) is 15.4. The van der Waals surface area contributed by atoms with E-state index in [1.165, 1.54) is 30.1 Å². The topological polar surface area (TPSA) is 121 Å². The molecule has 4 aromatic rings. The zero-order chi connectivity index (χ0) is 31.5. The fourth-order valence-electron chi connectivity index (χ4n) is 4.81. The van der Waals surface area contributed by atoms with Crippen molar-refractivity contribution in [3.05, 3.63) is 101 Å². The van der Waals surface area contributed by atoms with E-state index in [1.54, 1.807) is 14.2 Å². The number of rotatable bonds is 10. The van der Waals surface area contributed by atoms with Crippen molar-refractivity contribution >= 4 is 29.4 Å². The van der Waals surface area contributed by atoms with Gasteiger partial charge in [0.05, 0.1) is 19.2 Å². The Bertz CT molecular complexity index is 1560. The zero-order valence-electron chi connectivity index (χ0n) is 24.8. The molecule has 0 aromatic heterocycles. The van der Waals surface area contributed by atoms with Gasteiger partial charge in [-0.15, -0.1) is 0 Å². The first kappa shape index (κ1) is 32.2. The van der Waals surface area contributed by atoms with Gasteiger partial charge in [0.1, 0.15) is 18.1 Å². The number of phenolic OH excluding ortho intramolecular Hbond substituents is 1. The van der Waals surface area contributed by atoms with Crippen LogP contribution in [0.25, 0.3) is 11.1 Å². The Balaban J connectivity index is 0.000000339. The molecule has 1 aliphatic heterocycles. The number of aromatic hydroxyl groups is 1. The minimum absolute atomic E-state index is 0.0586. The molecule has 0 aliphatic carbocycles. The Morgan fingerprint density at radius 1 is 0.955 bits per heavy atom. The molecule has 1 fully saturated rings. The summed E-state index contributed by atoms with van der Waals surface area (Å²) >= 11 is 5.50. The van der Waals surface area contributed by atoms with Gasteiger partial charge >= 0.3 is 0 Å². The van der Waals surface area contributed by atoms with E-state index in [0.29, 0.717) is 12.4 Å². The largest absolute Gasteiger partial charge is 0.506 e. The second kappa shape index (κ2) is 15.7. The van der Waals surface area contributed by atoms with Crippen molar-refractivity contribution in [2.24, 2.45) is 5.73 Å². The van der Waals surface area contributed by atoms with Gasteiger partial charge < -0.3 is 35.4 Å². The highest BCUT2D eigenvalue weighted by Gasteiger charge is 2.19. The number of phenols is 1. The molecule has 0 spiro atoms. The number of anilines is 1. The summed E-state index contributed by atoms with van der Waals surface area (Å²) in [5.41, 5.74) is 9.21. The molecule has 1 heterocycles. The summed E-state index contributed by atoms with van der Waals surface area (Å²) in [6.07, 6.45) is 1.33. The molecule has 4 aromatic carbocycles. The Morgan fingerprint density at radius 2 is 1.70 bits per heavy atom. The highest BCUT2D eigenvalue weighted by Crippen LogP contribution is 2.39. The molecule has 9 nitrogen and oxygen atoms in total. The lowest BCUT2D eigenvalue weighted by Gasteiger charge is -2.36. The van der Waals surface area contributed by atoms with Crippen LogP contribution in [0.3, 0.4) is 0 Å². The first-order valence-corrected chi connectivity index (χ1v) is 14.5. The van der Waals surface area contributed by atoms with Crippen LogP contribution in [-0.2, 0) is 0 Å². The van der Waals surface area contributed by atoms with Gasteiger partial charge in [-0.1, -0.05) is 48.0 Å². The van der Waals surface area contributed by atoms with Gasteiger partial charge in [0.2, 0.25) is 5.91 Å². The molecule has 10 heteroatoms. The van der Waals surface area contributed by atoms with Crippen LogP contribution in [-0.4, -0.2) is 75.7 Å². The zero-order valence-corrected chi connectivity index (χ0v) is 25.6. The third-order valence-electron chi connectivity index (χ3n) is 7.23. The van der Waals surface area contributed by atoms with Gasteiger partial charge in [0.25, 0.3) is 0 Å². The van der Waals surface area contributed by atoms with Crippen LogP contribution in [0.5, 0.6) is 23.0 Å². The molecule has 0 unspecified atom stereocenters. The van der Waals surface area contributed by atoms with E-state index in [2.05, 4.69) is 21.9 Å². The Morgan fingerprint density at radius 3 is 2.34 bits per heavy atom. The van der Waals surface area contributed by atoms with Crippen LogP contribution in [0.15, 0.2) is 84.9 Å². The first-order chi connectivity index (χ1) is 21.3. The number of benzene rings is 4. The predicted molar refractivity (Wildman–Crippen MR) is 175 cm³/mol. The fraction of sp³-hybridized carbons (Fsp3) is 0.235. The van der Waals surface area contributed by atoms with Gasteiger partial charge in [-0.25, -0.2) is 0 Å². The van der Waals surface area contributed by atoms with E-state index in [9.17, 15) is 4.79 Å². The number of primary amides is 1. The quantitative estimate of drug-likeness (QED) is 0.195.